The van der Waals surface area contributed by atoms with Crippen LogP contribution < -0.4 is 4.90 Å². The molecule has 1 spiro atoms. The molecule has 6 aromatic rings. The molecule has 1 nitrogen and oxygen atoms in total. The molecule has 0 N–H and O–H groups in total. The van der Waals surface area contributed by atoms with Gasteiger partial charge in [-0.05, 0) is 99.3 Å². The van der Waals surface area contributed by atoms with Crippen LogP contribution in [0.5, 0.6) is 0 Å². The molecule has 0 radical (unpaired) electrons. The summed E-state index contributed by atoms with van der Waals surface area (Å²) in [6.07, 6.45) is 11.0. The van der Waals surface area contributed by atoms with Gasteiger partial charge in [-0.3, -0.25) is 0 Å². The molecule has 6 aromatic carbocycles. The Morgan fingerprint density at radius 3 is 1.96 bits per heavy atom. The molecule has 2 aliphatic rings. The van der Waals surface area contributed by atoms with Crippen LogP contribution in [0.1, 0.15) is 33.4 Å². The molecule has 0 bridgehead atoms. The Bertz CT molecular complexity index is 2120. The average Bonchev–Trinajstić information content (AvgIpc) is 3.38. The molecule has 1 heteroatoms. The van der Waals surface area contributed by atoms with Gasteiger partial charge < -0.3 is 4.90 Å². The van der Waals surface area contributed by atoms with Crippen LogP contribution in [0.3, 0.4) is 0 Å². The first-order chi connectivity index (χ1) is 22.7. The third-order valence-electron chi connectivity index (χ3n) is 9.51. The number of anilines is 3. The number of allylic oxidation sites excluding steroid dienone is 5. The van der Waals surface area contributed by atoms with Crippen LogP contribution >= 0.6 is 0 Å². The Balaban J connectivity index is 1.44. The molecule has 0 aromatic heterocycles. The lowest BCUT2D eigenvalue weighted by Gasteiger charge is -2.45. The second-order valence-corrected chi connectivity index (χ2v) is 12.2. The molecular formula is C45H35N. The molecular weight excluding hydrogens is 555 g/mol. The van der Waals surface area contributed by atoms with Crippen molar-refractivity contribution in [3.63, 3.8) is 0 Å². The highest BCUT2D eigenvalue weighted by Gasteiger charge is 2.51. The molecule has 0 unspecified atom stereocenters. The minimum Gasteiger partial charge on any atom is -0.310 e. The van der Waals surface area contributed by atoms with E-state index in [9.17, 15) is 0 Å². The number of nitrogens with zero attached hydrogens (tertiary/aromatic N) is 1. The van der Waals surface area contributed by atoms with Crippen LogP contribution in [0.25, 0.3) is 22.3 Å². The highest BCUT2D eigenvalue weighted by Crippen LogP contribution is 2.63. The van der Waals surface area contributed by atoms with Crippen molar-refractivity contribution in [1.82, 2.24) is 0 Å². The standard InChI is InChI=1S/C45H35N/c1-3-4-5-6-8-17-33-25-27-37-38-28-26-35(34-18-9-7-10-19-34)31-42(38)45(41(37)30-33)39-21-11-13-23-43(39)46(36-20-15-16-32(2)29-36)44-24-14-12-22-40(44)45/h3-16,18-31H,1,17H2,2H3/b5-4-,8-6-. The van der Waals surface area contributed by atoms with Crippen LogP contribution in [-0.4, -0.2) is 0 Å². The SMILES string of the molecule is C=C/C=C\C=C/Cc1ccc2c(c1)C1(c3cc(-c4ccccc4)ccc3-2)c2ccccc2N(c2cccc(C)c2)c2ccccc21. The fourth-order valence-electron chi connectivity index (χ4n) is 7.61. The van der Waals surface area contributed by atoms with Crippen molar-refractivity contribution >= 4 is 17.1 Å². The maximum atomic E-state index is 3.79. The van der Waals surface area contributed by atoms with Crippen LogP contribution in [0.15, 0.2) is 176 Å². The van der Waals surface area contributed by atoms with E-state index in [1.165, 1.54) is 72.7 Å². The van der Waals surface area contributed by atoms with Crippen LogP contribution in [-0.2, 0) is 11.8 Å². The van der Waals surface area contributed by atoms with Gasteiger partial charge in [0.15, 0.2) is 0 Å². The second kappa shape index (κ2) is 11.4. The summed E-state index contributed by atoms with van der Waals surface area (Å²) in [7, 11) is 0. The fraction of sp³-hybridized carbons (Fsp3) is 0.0667. The van der Waals surface area contributed by atoms with E-state index in [-0.39, 0.29) is 0 Å². The quantitative estimate of drug-likeness (QED) is 0.174. The van der Waals surface area contributed by atoms with Crippen LogP contribution in [0.2, 0.25) is 0 Å². The van der Waals surface area contributed by atoms with Crippen molar-refractivity contribution in [3.05, 3.63) is 210 Å². The summed E-state index contributed by atoms with van der Waals surface area (Å²) >= 11 is 0. The van der Waals surface area contributed by atoms with Gasteiger partial charge in [-0.15, -0.1) is 0 Å². The summed E-state index contributed by atoms with van der Waals surface area (Å²) in [4.78, 5) is 2.46. The van der Waals surface area contributed by atoms with Gasteiger partial charge in [0.1, 0.15) is 0 Å². The van der Waals surface area contributed by atoms with Gasteiger partial charge in [0.05, 0.1) is 16.8 Å². The molecule has 0 atom stereocenters. The number of hydrogen-bond acceptors (Lipinski definition) is 1. The zero-order chi connectivity index (χ0) is 31.1. The van der Waals surface area contributed by atoms with Gasteiger partial charge in [0.2, 0.25) is 0 Å². The van der Waals surface area contributed by atoms with E-state index < -0.39 is 5.41 Å². The Labute approximate surface area is 272 Å². The minimum atomic E-state index is -0.481. The number of benzene rings is 6. The predicted octanol–water partition coefficient (Wildman–Crippen LogP) is 11.6. The molecule has 1 heterocycles. The first-order valence-electron chi connectivity index (χ1n) is 16.0. The van der Waals surface area contributed by atoms with Crippen molar-refractivity contribution < 1.29 is 0 Å². The average molecular weight is 590 g/mol. The highest BCUT2D eigenvalue weighted by molar-refractivity contribution is 5.96. The van der Waals surface area contributed by atoms with Crippen LogP contribution in [0.4, 0.5) is 17.1 Å². The third-order valence-corrected chi connectivity index (χ3v) is 9.51. The molecule has 0 amide bonds. The summed E-state index contributed by atoms with van der Waals surface area (Å²) in [5.41, 5.74) is 16.1. The number of aryl methyl sites for hydroxylation is 1. The minimum absolute atomic E-state index is 0.481. The molecule has 8 rings (SSSR count). The highest BCUT2D eigenvalue weighted by atomic mass is 15.2. The topological polar surface area (TPSA) is 3.24 Å². The van der Waals surface area contributed by atoms with Gasteiger partial charge in [0, 0.05) is 5.69 Å². The maximum absolute atomic E-state index is 3.79. The number of fused-ring (bicyclic) bond motifs is 9. The van der Waals surface area contributed by atoms with Gasteiger partial charge in [-0.25, -0.2) is 0 Å². The van der Waals surface area contributed by atoms with Crippen LogP contribution in [0, 0.1) is 6.92 Å². The first kappa shape index (κ1) is 27.9. The van der Waals surface area contributed by atoms with Crippen molar-refractivity contribution in [2.45, 2.75) is 18.8 Å². The summed E-state index contributed by atoms with van der Waals surface area (Å²) in [6.45, 7) is 5.96. The van der Waals surface area contributed by atoms with Crippen molar-refractivity contribution in [1.29, 1.82) is 0 Å². The second-order valence-electron chi connectivity index (χ2n) is 12.2. The zero-order valence-corrected chi connectivity index (χ0v) is 26.0. The summed E-state index contributed by atoms with van der Waals surface area (Å²) in [5, 5.41) is 0. The van der Waals surface area contributed by atoms with E-state index in [4.69, 9.17) is 0 Å². The van der Waals surface area contributed by atoms with Gasteiger partial charge >= 0.3 is 0 Å². The van der Waals surface area contributed by atoms with Crippen molar-refractivity contribution in [2.75, 3.05) is 4.90 Å². The normalized spacial score (nSPS) is 13.9. The molecule has 1 aliphatic heterocycles. The Morgan fingerprint density at radius 2 is 1.24 bits per heavy atom. The van der Waals surface area contributed by atoms with E-state index in [1.807, 2.05) is 18.2 Å². The summed E-state index contributed by atoms with van der Waals surface area (Å²) < 4.78 is 0. The predicted molar refractivity (Wildman–Crippen MR) is 194 cm³/mol. The molecule has 1 aliphatic carbocycles. The molecule has 0 saturated heterocycles. The van der Waals surface area contributed by atoms with E-state index >= 15 is 0 Å². The maximum Gasteiger partial charge on any atom is 0.0754 e. The molecule has 220 valence electrons. The number of para-hydroxylation sites is 2. The number of hydrogen-bond donors (Lipinski definition) is 0. The zero-order valence-electron chi connectivity index (χ0n) is 26.0. The summed E-state index contributed by atoms with van der Waals surface area (Å²) in [5.74, 6) is 0. The molecule has 0 saturated carbocycles. The fourth-order valence-corrected chi connectivity index (χ4v) is 7.61. The Kier molecular flexibility index (Phi) is 6.88. The lowest BCUT2D eigenvalue weighted by atomic mass is 9.64. The monoisotopic (exact) mass is 589 g/mol. The third kappa shape index (κ3) is 4.31. The van der Waals surface area contributed by atoms with Gasteiger partial charge in [-0.2, -0.15) is 0 Å². The lowest BCUT2D eigenvalue weighted by Crippen LogP contribution is -2.36. The summed E-state index contributed by atoms with van der Waals surface area (Å²) in [6, 6.07) is 51.9. The van der Waals surface area contributed by atoms with Gasteiger partial charge in [0.25, 0.3) is 0 Å². The van der Waals surface area contributed by atoms with E-state index in [1.54, 1.807) is 0 Å². The number of rotatable bonds is 6. The van der Waals surface area contributed by atoms with E-state index in [0.717, 1.165) is 6.42 Å². The molecule has 46 heavy (non-hydrogen) atoms. The van der Waals surface area contributed by atoms with Crippen molar-refractivity contribution in [3.8, 4) is 22.3 Å². The van der Waals surface area contributed by atoms with E-state index in [0.29, 0.717) is 0 Å². The molecule has 0 fully saturated rings. The smallest absolute Gasteiger partial charge is 0.0754 e. The first-order valence-corrected chi connectivity index (χ1v) is 16.0. The largest absolute Gasteiger partial charge is 0.310 e. The Morgan fingerprint density at radius 1 is 0.565 bits per heavy atom. The van der Waals surface area contributed by atoms with Gasteiger partial charge in [-0.1, -0.05) is 146 Å². The lowest BCUT2D eigenvalue weighted by molar-refractivity contribution is 0.751. The Hall–Kier alpha value is -5.66. The van der Waals surface area contributed by atoms with Crippen molar-refractivity contribution in [2.24, 2.45) is 0 Å². The van der Waals surface area contributed by atoms with E-state index in [2.05, 4.69) is 170 Å².